The Balaban J connectivity index is 1.52. The van der Waals surface area contributed by atoms with Crippen molar-refractivity contribution in [3.05, 3.63) is 125 Å². The lowest BCUT2D eigenvalue weighted by Crippen LogP contribution is -2.32. The molecule has 0 aliphatic rings. The number of hydrogen-bond donors (Lipinski definition) is 2. The molecule has 0 bridgehead atoms. The Morgan fingerprint density at radius 1 is 0.923 bits per heavy atom. The number of nitrogens with one attached hydrogen (secondary N) is 2. The highest BCUT2D eigenvalue weighted by Gasteiger charge is 2.22. The molecule has 0 saturated heterocycles. The summed E-state index contributed by atoms with van der Waals surface area (Å²) in [6.07, 6.45) is 3.22. The molecule has 1 atom stereocenters. The summed E-state index contributed by atoms with van der Waals surface area (Å²) in [5.41, 5.74) is 4.00. The van der Waals surface area contributed by atoms with Gasteiger partial charge in [-0.2, -0.15) is 0 Å². The minimum atomic E-state index is -0.766. The molecule has 8 heteroatoms. The third-order valence-electron chi connectivity index (χ3n) is 6.53. The average Bonchev–Trinajstić information content (AvgIpc) is 3.29. The monoisotopic (exact) mass is 527 g/mol. The number of Topliss-reactive ketones (excluding diaryl/α,β-unsaturated/α-hetero) is 1. The second-order valence-electron chi connectivity index (χ2n) is 9.36. The first kappa shape index (κ1) is 25.9. The number of pyridine rings is 1. The summed E-state index contributed by atoms with van der Waals surface area (Å²) in [6.45, 7) is 1.47. The van der Waals surface area contributed by atoms with Crippen molar-refractivity contribution in [3.63, 3.8) is 0 Å². The fourth-order valence-electron chi connectivity index (χ4n) is 4.74. The zero-order valence-electron chi connectivity index (χ0n) is 21.0. The summed E-state index contributed by atoms with van der Waals surface area (Å²) in [5, 5.41) is 3.56. The fraction of sp³-hybridized carbons (Fsp3) is 0.129. The molecule has 0 saturated carbocycles. The van der Waals surface area contributed by atoms with Crippen LogP contribution in [0.4, 0.5) is 13.2 Å². The highest BCUT2D eigenvalue weighted by atomic mass is 19.1. The lowest BCUT2D eigenvalue weighted by atomic mass is 9.94. The molecule has 2 heterocycles. The smallest absolute Gasteiger partial charge is 0.225 e. The van der Waals surface area contributed by atoms with Crippen LogP contribution in [0, 0.1) is 17.5 Å². The van der Waals surface area contributed by atoms with Crippen LogP contribution in [0.2, 0.25) is 0 Å². The van der Waals surface area contributed by atoms with Crippen molar-refractivity contribution >= 4 is 22.6 Å². The van der Waals surface area contributed by atoms with E-state index < -0.39 is 23.5 Å². The van der Waals surface area contributed by atoms with E-state index in [4.69, 9.17) is 0 Å². The number of nitrogens with zero attached hydrogens (tertiary/aromatic N) is 1. The zero-order chi connectivity index (χ0) is 27.5. The number of aromatic amines is 1. The van der Waals surface area contributed by atoms with Gasteiger partial charge in [-0.25, -0.2) is 13.2 Å². The van der Waals surface area contributed by atoms with E-state index in [0.717, 1.165) is 6.07 Å². The molecule has 0 aliphatic heterocycles. The van der Waals surface area contributed by atoms with Gasteiger partial charge in [-0.1, -0.05) is 24.3 Å². The van der Waals surface area contributed by atoms with Gasteiger partial charge >= 0.3 is 0 Å². The second kappa shape index (κ2) is 10.9. The molecule has 3 aromatic carbocycles. The van der Waals surface area contributed by atoms with Crippen molar-refractivity contribution < 1.29 is 22.8 Å². The first-order chi connectivity index (χ1) is 18.8. The van der Waals surface area contributed by atoms with Crippen LogP contribution in [0.5, 0.6) is 0 Å². The molecule has 0 radical (unpaired) electrons. The largest absolute Gasteiger partial charge is 0.361 e. The summed E-state index contributed by atoms with van der Waals surface area (Å²) in [4.78, 5) is 32.9. The minimum Gasteiger partial charge on any atom is -0.361 e. The van der Waals surface area contributed by atoms with Crippen LogP contribution in [-0.2, 0) is 17.6 Å². The van der Waals surface area contributed by atoms with E-state index in [0.29, 0.717) is 44.4 Å². The summed E-state index contributed by atoms with van der Waals surface area (Å²) in [6, 6.07) is 17.3. The van der Waals surface area contributed by atoms with E-state index in [-0.39, 0.29) is 24.5 Å². The van der Waals surface area contributed by atoms with Crippen LogP contribution in [0.3, 0.4) is 0 Å². The van der Waals surface area contributed by atoms with E-state index in [1.807, 2.05) is 12.1 Å². The van der Waals surface area contributed by atoms with Gasteiger partial charge in [-0.05, 0) is 72.5 Å². The Morgan fingerprint density at radius 3 is 2.49 bits per heavy atom. The van der Waals surface area contributed by atoms with Crippen LogP contribution < -0.4 is 5.32 Å². The lowest BCUT2D eigenvalue weighted by molar-refractivity contribution is -0.121. The van der Waals surface area contributed by atoms with E-state index in [2.05, 4.69) is 15.3 Å². The van der Waals surface area contributed by atoms with Crippen LogP contribution >= 0.6 is 0 Å². The van der Waals surface area contributed by atoms with Gasteiger partial charge in [0, 0.05) is 40.5 Å². The molecule has 196 valence electrons. The second-order valence-corrected chi connectivity index (χ2v) is 9.36. The maximum Gasteiger partial charge on any atom is 0.225 e. The van der Waals surface area contributed by atoms with Gasteiger partial charge in [-0.3, -0.25) is 14.6 Å². The van der Waals surface area contributed by atoms with Gasteiger partial charge in [0.05, 0.1) is 18.2 Å². The number of ketones is 1. The van der Waals surface area contributed by atoms with Crippen molar-refractivity contribution in [2.45, 2.75) is 25.8 Å². The van der Waals surface area contributed by atoms with E-state index in [1.54, 1.807) is 42.7 Å². The highest BCUT2D eigenvalue weighted by Crippen LogP contribution is 2.30. The predicted molar refractivity (Wildman–Crippen MR) is 143 cm³/mol. The number of hydrogen-bond acceptors (Lipinski definition) is 3. The van der Waals surface area contributed by atoms with Gasteiger partial charge in [0.1, 0.15) is 17.5 Å². The molecule has 5 aromatic rings. The molecule has 0 fully saturated rings. The first-order valence-electron chi connectivity index (χ1n) is 12.3. The normalized spacial score (nSPS) is 11.9. The molecule has 1 amide bonds. The van der Waals surface area contributed by atoms with Crippen molar-refractivity contribution in [1.29, 1.82) is 0 Å². The van der Waals surface area contributed by atoms with Crippen molar-refractivity contribution in [3.8, 4) is 11.1 Å². The number of amides is 1. The fourth-order valence-corrected chi connectivity index (χ4v) is 4.74. The maximum absolute atomic E-state index is 14.0. The Labute approximate surface area is 222 Å². The molecular formula is C31H24F3N3O2. The number of aromatic nitrogens is 2. The third kappa shape index (κ3) is 5.90. The number of fused-ring (bicyclic) bond motifs is 1. The Bertz CT molecular complexity index is 1680. The summed E-state index contributed by atoms with van der Waals surface area (Å²) >= 11 is 0. The first-order valence-corrected chi connectivity index (χ1v) is 12.3. The van der Waals surface area contributed by atoms with Gasteiger partial charge in [0.15, 0.2) is 5.78 Å². The SMILES string of the molecule is CC(=O)c1cccc(-c2cccnc2C(Cc2cc(F)cc(F)c2)NC(=O)Cc2c[nH]c3ccc(F)cc23)c1. The topological polar surface area (TPSA) is 74.8 Å². The molecule has 5 nitrogen and oxygen atoms in total. The van der Waals surface area contributed by atoms with E-state index in [1.165, 1.54) is 31.2 Å². The quantitative estimate of drug-likeness (QED) is 0.227. The Hall–Kier alpha value is -4.72. The van der Waals surface area contributed by atoms with Crippen molar-refractivity contribution in [1.82, 2.24) is 15.3 Å². The maximum atomic E-state index is 14.0. The van der Waals surface area contributed by atoms with Crippen LogP contribution in [0.25, 0.3) is 22.0 Å². The highest BCUT2D eigenvalue weighted by molar-refractivity contribution is 5.95. The van der Waals surface area contributed by atoms with Crippen LogP contribution in [0.15, 0.2) is 85.2 Å². The average molecular weight is 528 g/mol. The van der Waals surface area contributed by atoms with Crippen LogP contribution in [0.1, 0.15) is 40.1 Å². The summed E-state index contributed by atoms with van der Waals surface area (Å²) in [7, 11) is 0. The van der Waals surface area contributed by atoms with Gasteiger partial charge in [0.25, 0.3) is 0 Å². The summed E-state index contributed by atoms with van der Waals surface area (Å²) in [5.74, 6) is -2.35. The number of halogens is 3. The predicted octanol–water partition coefficient (Wildman–Crippen LogP) is 6.49. The standard InChI is InChI=1S/C31H24F3N3O2/c1-18(38)20-4-2-5-21(13-20)26-6-3-9-35-31(26)29(12-19-10-24(33)15-25(34)11-19)37-30(39)14-22-17-36-28-8-7-23(32)16-27(22)28/h2-11,13,15-17,29,36H,12,14H2,1H3,(H,37,39). The van der Waals surface area contributed by atoms with Crippen LogP contribution in [-0.4, -0.2) is 21.7 Å². The number of rotatable bonds is 8. The number of carbonyl (C=O) groups is 2. The number of H-pyrrole nitrogens is 1. The van der Waals surface area contributed by atoms with Gasteiger partial charge < -0.3 is 10.3 Å². The van der Waals surface area contributed by atoms with E-state index >= 15 is 0 Å². The molecule has 39 heavy (non-hydrogen) atoms. The summed E-state index contributed by atoms with van der Waals surface area (Å²) < 4.78 is 41.9. The molecule has 0 aliphatic carbocycles. The molecule has 1 unspecified atom stereocenters. The third-order valence-corrected chi connectivity index (χ3v) is 6.53. The Kier molecular flexibility index (Phi) is 7.27. The molecule has 2 N–H and O–H groups in total. The zero-order valence-corrected chi connectivity index (χ0v) is 21.0. The Morgan fingerprint density at radius 2 is 1.72 bits per heavy atom. The lowest BCUT2D eigenvalue weighted by Gasteiger charge is -2.22. The van der Waals surface area contributed by atoms with Crippen molar-refractivity contribution in [2.24, 2.45) is 0 Å². The molecule has 2 aromatic heterocycles. The molecule has 5 rings (SSSR count). The van der Waals surface area contributed by atoms with Gasteiger partial charge in [-0.15, -0.1) is 0 Å². The minimum absolute atomic E-state index is 0.0549. The van der Waals surface area contributed by atoms with E-state index in [9.17, 15) is 22.8 Å². The molecular weight excluding hydrogens is 503 g/mol. The van der Waals surface area contributed by atoms with Crippen molar-refractivity contribution in [2.75, 3.05) is 0 Å². The van der Waals surface area contributed by atoms with Gasteiger partial charge in [0.2, 0.25) is 5.91 Å². The number of carbonyl (C=O) groups excluding carboxylic acids is 2. The molecule has 0 spiro atoms. The number of benzene rings is 3.